The molecular formula is C19H30N4O5S. The Morgan fingerprint density at radius 2 is 1.83 bits per heavy atom. The Morgan fingerprint density at radius 1 is 1.14 bits per heavy atom. The molecule has 0 atom stereocenters. The highest BCUT2D eigenvalue weighted by Crippen LogP contribution is 2.30. The fourth-order valence-electron chi connectivity index (χ4n) is 3.10. The van der Waals surface area contributed by atoms with Crippen LogP contribution >= 0.6 is 0 Å². The summed E-state index contributed by atoms with van der Waals surface area (Å²) in [6.07, 6.45) is 3.40. The maximum absolute atomic E-state index is 11.8. The minimum absolute atomic E-state index is 0.224. The molecule has 1 aliphatic heterocycles. The van der Waals surface area contributed by atoms with Gasteiger partial charge in [0, 0.05) is 38.8 Å². The van der Waals surface area contributed by atoms with Crippen molar-refractivity contribution in [2.75, 3.05) is 52.7 Å². The molecule has 1 fully saturated rings. The highest BCUT2D eigenvalue weighted by Gasteiger charge is 2.22. The van der Waals surface area contributed by atoms with Crippen LogP contribution in [0, 0.1) is 0 Å². The standard InChI is InChI=1S/C17H24N4O5S.C2H6/c1-25-15-10-13-14(18-12-19-17(13)22)11-16(15)26-9-3-4-20-5-7-21(8-6-20)27(2,23)24;1-2/h10-12H,3-9H2,1-2H3,(H,18,19,22);1-2H3. The lowest BCUT2D eigenvalue weighted by atomic mass is 10.2. The number of nitrogens with zero attached hydrogens (tertiary/aromatic N) is 3. The van der Waals surface area contributed by atoms with Crippen molar-refractivity contribution in [1.29, 1.82) is 0 Å². The fourth-order valence-corrected chi connectivity index (χ4v) is 3.93. The summed E-state index contributed by atoms with van der Waals surface area (Å²) >= 11 is 0. The van der Waals surface area contributed by atoms with Crippen LogP contribution in [0.25, 0.3) is 10.9 Å². The van der Waals surface area contributed by atoms with E-state index in [4.69, 9.17) is 9.47 Å². The third-order valence-electron chi connectivity index (χ3n) is 4.60. The van der Waals surface area contributed by atoms with Crippen LogP contribution in [-0.2, 0) is 10.0 Å². The van der Waals surface area contributed by atoms with Gasteiger partial charge in [0.15, 0.2) is 11.5 Å². The van der Waals surface area contributed by atoms with Gasteiger partial charge < -0.3 is 19.4 Å². The van der Waals surface area contributed by atoms with Crippen LogP contribution in [0.5, 0.6) is 11.5 Å². The van der Waals surface area contributed by atoms with E-state index >= 15 is 0 Å². The van der Waals surface area contributed by atoms with E-state index in [9.17, 15) is 13.2 Å². The van der Waals surface area contributed by atoms with Crippen LogP contribution in [0.2, 0.25) is 0 Å². The Kier molecular flexibility index (Phi) is 8.42. The molecule has 0 bridgehead atoms. The molecular weight excluding hydrogens is 396 g/mol. The van der Waals surface area contributed by atoms with Gasteiger partial charge in [-0.1, -0.05) is 13.8 Å². The average Bonchev–Trinajstić information content (AvgIpc) is 2.72. The van der Waals surface area contributed by atoms with Crippen LogP contribution in [0.15, 0.2) is 23.3 Å². The number of hydrogen-bond acceptors (Lipinski definition) is 7. The molecule has 1 aromatic carbocycles. The molecule has 10 heteroatoms. The van der Waals surface area contributed by atoms with Gasteiger partial charge in [-0.15, -0.1) is 0 Å². The van der Waals surface area contributed by atoms with Crippen LogP contribution < -0.4 is 15.0 Å². The van der Waals surface area contributed by atoms with E-state index in [0.29, 0.717) is 42.1 Å². The van der Waals surface area contributed by atoms with Crippen molar-refractivity contribution in [3.8, 4) is 11.5 Å². The molecule has 0 radical (unpaired) electrons. The number of hydrogen-bond donors (Lipinski definition) is 1. The minimum atomic E-state index is -3.10. The van der Waals surface area contributed by atoms with Crippen molar-refractivity contribution in [2.45, 2.75) is 20.3 Å². The number of ether oxygens (including phenoxy) is 2. The number of nitrogens with one attached hydrogen (secondary N) is 1. The molecule has 29 heavy (non-hydrogen) atoms. The molecule has 9 nitrogen and oxygen atoms in total. The first-order valence-corrected chi connectivity index (χ1v) is 11.6. The lowest BCUT2D eigenvalue weighted by molar-refractivity contribution is 0.174. The lowest BCUT2D eigenvalue weighted by Crippen LogP contribution is -2.48. The Morgan fingerprint density at radius 3 is 2.45 bits per heavy atom. The minimum Gasteiger partial charge on any atom is -0.493 e. The molecule has 0 saturated carbocycles. The highest BCUT2D eigenvalue weighted by atomic mass is 32.2. The van der Waals surface area contributed by atoms with E-state index in [2.05, 4.69) is 14.9 Å². The zero-order chi connectivity index (χ0) is 21.4. The first-order valence-electron chi connectivity index (χ1n) is 9.74. The molecule has 3 rings (SSSR count). The summed E-state index contributed by atoms with van der Waals surface area (Å²) in [6.45, 7) is 7.80. The number of piperazine rings is 1. The normalized spacial score (nSPS) is 15.6. The monoisotopic (exact) mass is 426 g/mol. The first-order chi connectivity index (χ1) is 13.9. The maximum Gasteiger partial charge on any atom is 0.258 e. The molecule has 1 aliphatic rings. The highest BCUT2D eigenvalue weighted by molar-refractivity contribution is 7.88. The van der Waals surface area contributed by atoms with Gasteiger partial charge in [-0.3, -0.25) is 4.79 Å². The van der Waals surface area contributed by atoms with Crippen molar-refractivity contribution < 1.29 is 17.9 Å². The first kappa shape index (κ1) is 23.1. The van der Waals surface area contributed by atoms with Gasteiger partial charge in [-0.2, -0.15) is 4.31 Å². The second-order valence-electron chi connectivity index (χ2n) is 6.46. The predicted molar refractivity (Wildman–Crippen MR) is 113 cm³/mol. The van der Waals surface area contributed by atoms with Gasteiger partial charge >= 0.3 is 0 Å². The van der Waals surface area contributed by atoms with Gasteiger partial charge in [0.25, 0.3) is 5.56 Å². The fraction of sp³-hybridized carbons (Fsp3) is 0.579. The number of rotatable bonds is 7. The summed E-state index contributed by atoms with van der Waals surface area (Å²) in [5.41, 5.74) is 0.324. The molecule has 0 amide bonds. The SMILES string of the molecule is CC.COc1cc2c(=O)[nH]cnc2cc1OCCCN1CCN(S(C)(=O)=O)CC1. The van der Waals surface area contributed by atoms with E-state index in [1.54, 1.807) is 12.1 Å². The molecule has 2 heterocycles. The summed E-state index contributed by atoms with van der Waals surface area (Å²) in [5.74, 6) is 1.03. The number of aromatic amines is 1. The van der Waals surface area contributed by atoms with Crippen molar-refractivity contribution in [1.82, 2.24) is 19.2 Å². The summed E-state index contributed by atoms with van der Waals surface area (Å²) < 4.78 is 35.7. The van der Waals surface area contributed by atoms with Gasteiger partial charge in [0.1, 0.15) is 0 Å². The van der Waals surface area contributed by atoms with Crippen LogP contribution in [0.1, 0.15) is 20.3 Å². The summed E-state index contributed by atoms with van der Waals surface area (Å²) in [6, 6.07) is 3.33. The predicted octanol–water partition coefficient (Wildman–Crippen LogP) is 1.30. The zero-order valence-corrected chi connectivity index (χ0v) is 18.3. The van der Waals surface area contributed by atoms with E-state index in [1.807, 2.05) is 13.8 Å². The van der Waals surface area contributed by atoms with Gasteiger partial charge in [-0.25, -0.2) is 13.4 Å². The smallest absolute Gasteiger partial charge is 0.258 e. The molecule has 1 aromatic heterocycles. The number of aromatic nitrogens is 2. The third-order valence-corrected chi connectivity index (χ3v) is 5.91. The zero-order valence-electron chi connectivity index (χ0n) is 17.5. The van der Waals surface area contributed by atoms with Crippen LogP contribution in [-0.4, -0.2) is 80.3 Å². The summed E-state index contributed by atoms with van der Waals surface area (Å²) in [7, 11) is -1.57. The molecule has 1 N–H and O–H groups in total. The summed E-state index contributed by atoms with van der Waals surface area (Å²) in [4.78, 5) is 20.8. The molecule has 0 aliphatic carbocycles. The number of fused-ring (bicyclic) bond motifs is 1. The number of H-pyrrole nitrogens is 1. The lowest BCUT2D eigenvalue weighted by Gasteiger charge is -2.33. The van der Waals surface area contributed by atoms with Crippen molar-refractivity contribution in [3.63, 3.8) is 0 Å². The molecule has 0 unspecified atom stereocenters. The second kappa shape index (κ2) is 10.6. The molecule has 0 spiro atoms. The molecule has 2 aromatic rings. The number of benzene rings is 1. The number of sulfonamides is 1. The maximum atomic E-state index is 11.8. The van der Waals surface area contributed by atoms with Crippen molar-refractivity contribution >= 4 is 20.9 Å². The summed E-state index contributed by atoms with van der Waals surface area (Å²) in [5, 5.41) is 0.449. The third kappa shape index (κ3) is 6.15. The van der Waals surface area contributed by atoms with Crippen LogP contribution in [0.4, 0.5) is 0 Å². The molecule has 162 valence electrons. The van der Waals surface area contributed by atoms with Crippen molar-refractivity contribution in [3.05, 3.63) is 28.8 Å². The number of methoxy groups -OCH3 is 1. The molecule has 1 saturated heterocycles. The van der Waals surface area contributed by atoms with Gasteiger partial charge in [-0.05, 0) is 12.5 Å². The topological polar surface area (TPSA) is 105 Å². The Bertz CT molecular complexity index is 953. The van der Waals surface area contributed by atoms with E-state index in [0.717, 1.165) is 26.1 Å². The van der Waals surface area contributed by atoms with E-state index in [1.165, 1.54) is 24.0 Å². The van der Waals surface area contributed by atoms with Crippen LogP contribution in [0.3, 0.4) is 0 Å². The van der Waals surface area contributed by atoms with Gasteiger partial charge in [0.2, 0.25) is 10.0 Å². The average molecular weight is 427 g/mol. The van der Waals surface area contributed by atoms with E-state index in [-0.39, 0.29) is 5.56 Å². The van der Waals surface area contributed by atoms with Crippen molar-refractivity contribution in [2.24, 2.45) is 0 Å². The van der Waals surface area contributed by atoms with E-state index < -0.39 is 10.0 Å². The largest absolute Gasteiger partial charge is 0.493 e. The second-order valence-corrected chi connectivity index (χ2v) is 8.44. The Balaban J connectivity index is 0.00000145. The quantitative estimate of drug-likeness (QED) is 0.666. The Labute approximate surface area is 171 Å². The Hall–Kier alpha value is -2.17. The van der Waals surface area contributed by atoms with Gasteiger partial charge in [0.05, 0.1) is 37.2 Å².